The minimum Gasteiger partial charge on any atom is -0.369 e. The third-order valence-corrected chi connectivity index (χ3v) is 4.24. The van der Waals surface area contributed by atoms with Gasteiger partial charge in [0, 0.05) is 5.92 Å². The predicted molar refractivity (Wildman–Crippen MR) is 77.8 cm³/mol. The molecule has 1 heterocycles. The van der Waals surface area contributed by atoms with E-state index in [4.69, 9.17) is 5.73 Å². The quantitative estimate of drug-likeness (QED) is 0.883. The van der Waals surface area contributed by atoms with Crippen molar-refractivity contribution in [1.29, 1.82) is 0 Å². The van der Waals surface area contributed by atoms with Crippen LogP contribution in [0.2, 0.25) is 0 Å². The van der Waals surface area contributed by atoms with Crippen molar-refractivity contribution in [3.63, 3.8) is 0 Å². The second kappa shape index (κ2) is 6.71. The molecule has 1 amide bonds. The SMILES string of the molecule is C[C@@H](CCN1CCC(C(N)=O)CC1)c1ccccc1. The van der Waals surface area contributed by atoms with E-state index >= 15 is 0 Å². The highest BCUT2D eigenvalue weighted by atomic mass is 16.1. The summed E-state index contributed by atoms with van der Waals surface area (Å²) in [5, 5.41) is 0. The zero-order chi connectivity index (χ0) is 13.7. The summed E-state index contributed by atoms with van der Waals surface area (Å²) in [5.74, 6) is 0.565. The average Bonchev–Trinajstić information content (AvgIpc) is 2.46. The maximum absolute atomic E-state index is 11.1. The van der Waals surface area contributed by atoms with Crippen LogP contribution in [0.3, 0.4) is 0 Å². The lowest BCUT2D eigenvalue weighted by atomic mass is 9.94. The lowest BCUT2D eigenvalue weighted by Crippen LogP contribution is -2.39. The molecule has 0 bridgehead atoms. The zero-order valence-electron chi connectivity index (χ0n) is 11.7. The Balaban J connectivity index is 1.73. The zero-order valence-corrected chi connectivity index (χ0v) is 11.7. The van der Waals surface area contributed by atoms with E-state index < -0.39 is 0 Å². The van der Waals surface area contributed by atoms with Gasteiger partial charge < -0.3 is 10.6 Å². The van der Waals surface area contributed by atoms with Crippen LogP contribution in [-0.4, -0.2) is 30.4 Å². The summed E-state index contributed by atoms with van der Waals surface area (Å²) in [5.41, 5.74) is 6.76. The standard InChI is InChI=1S/C16H24N2O/c1-13(14-5-3-2-4-6-14)7-10-18-11-8-15(9-12-18)16(17)19/h2-6,13,15H,7-12H2,1H3,(H2,17,19)/t13-/m0/s1. The van der Waals surface area contributed by atoms with E-state index in [-0.39, 0.29) is 11.8 Å². The van der Waals surface area contributed by atoms with Gasteiger partial charge in [0.25, 0.3) is 0 Å². The first-order valence-corrected chi connectivity index (χ1v) is 7.23. The molecule has 2 rings (SSSR count). The molecular weight excluding hydrogens is 236 g/mol. The van der Waals surface area contributed by atoms with Crippen LogP contribution in [0.15, 0.2) is 30.3 Å². The van der Waals surface area contributed by atoms with Gasteiger partial charge in [0.2, 0.25) is 5.91 Å². The fourth-order valence-electron chi connectivity index (χ4n) is 2.77. The molecule has 2 N–H and O–H groups in total. The molecule has 0 aromatic heterocycles. The first-order chi connectivity index (χ1) is 9.16. The molecule has 104 valence electrons. The van der Waals surface area contributed by atoms with Crippen LogP contribution in [0.5, 0.6) is 0 Å². The number of hydrogen-bond donors (Lipinski definition) is 1. The molecule has 1 saturated heterocycles. The Bertz CT molecular complexity index is 396. The van der Waals surface area contributed by atoms with Crippen LogP contribution in [0, 0.1) is 5.92 Å². The van der Waals surface area contributed by atoms with Crippen molar-refractivity contribution >= 4 is 5.91 Å². The monoisotopic (exact) mass is 260 g/mol. The lowest BCUT2D eigenvalue weighted by Gasteiger charge is -2.31. The van der Waals surface area contributed by atoms with E-state index in [1.54, 1.807) is 0 Å². The van der Waals surface area contributed by atoms with Crippen molar-refractivity contribution in [3.8, 4) is 0 Å². The molecule has 3 nitrogen and oxygen atoms in total. The number of rotatable bonds is 5. The van der Waals surface area contributed by atoms with E-state index in [1.807, 2.05) is 0 Å². The number of hydrogen-bond acceptors (Lipinski definition) is 2. The van der Waals surface area contributed by atoms with Gasteiger partial charge in [-0.05, 0) is 50.4 Å². The van der Waals surface area contributed by atoms with Gasteiger partial charge in [0.15, 0.2) is 0 Å². The third kappa shape index (κ3) is 4.06. The fourth-order valence-corrected chi connectivity index (χ4v) is 2.77. The van der Waals surface area contributed by atoms with Gasteiger partial charge >= 0.3 is 0 Å². The lowest BCUT2D eigenvalue weighted by molar-refractivity contribution is -0.123. The Hall–Kier alpha value is -1.35. The van der Waals surface area contributed by atoms with Crippen molar-refractivity contribution in [2.24, 2.45) is 11.7 Å². The minimum atomic E-state index is -0.127. The number of amides is 1. The smallest absolute Gasteiger partial charge is 0.220 e. The number of piperidine rings is 1. The molecule has 0 spiro atoms. The number of benzene rings is 1. The van der Waals surface area contributed by atoms with Crippen molar-refractivity contribution < 1.29 is 4.79 Å². The molecule has 0 unspecified atom stereocenters. The molecule has 1 aromatic carbocycles. The Morgan fingerprint density at radius 1 is 1.32 bits per heavy atom. The van der Waals surface area contributed by atoms with Gasteiger partial charge in [0.1, 0.15) is 0 Å². The molecule has 1 fully saturated rings. The van der Waals surface area contributed by atoms with E-state index in [0.717, 1.165) is 32.5 Å². The van der Waals surface area contributed by atoms with Crippen molar-refractivity contribution in [2.75, 3.05) is 19.6 Å². The highest BCUT2D eigenvalue weighted by molar-refractivity contribution is 5.76. The van der Waals surface area contributed by atoms with Crippen molar-refractivity contribution in [1.82, 2.24) is 4.90 Å². The molecule has 1 aromatic rings. The number of likely N-dealkylation sites (tertiary alicyclic amines) is 1. The number of primary amides is 1. The number of carbonyl (C=O) groups is 1. The molecule has 1 aliphatic heterocycles. The Morgan fingerprint density at radius 3 is 2.53 bits per heavy atom. The molecule has 1 aliphatic rings. The van der Waals surface area contributed by atoms with Crippen LogP contribution in [0.1, 0.15) is 37.7 Å². The summed E-state index contributed by atoms with van der Waals surface area (Å²) in [6.45, 7) is 5.41. The van der Waals surface area contributed by atoms with E-state index in [9.17, 15) is 4.79 Å². The Labute approximate surface area is 115 Å². The normalized spacial score (nSPS) is 19.2. The summed E-state index contributed by atoms with van der Waals surface area (Å²) >= 11 is 0. The largest absolute Gasteiger partial charge is 0.369 e. The van der Waals surface area contributed by atoms with E-state index in [1.165, 1.54) is 12.0 Å². The van der Waals surface area contributed by atoms with Gasteiger partial charge in [-0.25, -0.2) is 0 Å². The topological polar surface area (TPSA) is 46.3 Å². The van der Waals surface area contributed by atoms with Crippen molar-refractivity contribution in [3.05, 3.63) is 35.9 Å². The maximum atomic E-state index is 11.1. The molecule has 0 aliphatic carbocycles. The van der Waals surface area contributed by atoms with Gasteiger partial charge in [-0.3, -0.25) is 4.79 Å². The third-order valence-electron chi connectivity index (χ3n) is 4.24. The Kier molecular flexibility index (Phi) is 4.97. The summed E-state index contributed by atoms with van der Waals surface area (Å²) in [6, 6.07) is 10.7. The van der Waals surface area contributed by atoms with Crippen LogP contribution in [-0.2, 0) is 4.79 Å². The molecule has 3 heteroatoms. The molecule has 0 saturated carbocycles. The molecule has 19 heavy (non-hydrogen) atoms. The first-order valence-electron chi connectivity index (χ1n) is 7.23. The van der Waals surface area contributed by atoms with Gasteiger partial charge in [0.05, 0.1) is 0 Å². The summed E-state index contributed by atoms with van der Waals surface area (Å²) in [4.78, 5) is 13.6. The fraction of sp³-hybridized carbons (Fsp3) is 0.562. The number of nitrogens with zero attached hydrogens (tertiary/aromatic N) is 1. The highest BCUT2D eigenvalue weighted by Gasteiger charge is 2.22. The molecule has 0 radical (unpaired) electrons. The summed E-state index contributed by atoms with van der Waals surface area (Å²) < 4.78 is 0. The van der Waals surface area contributed by atoms with Gasteiger partial charge in [-0.15, -0.1) is 0 Å². The van der Waals surface area contributed by atoms with Gasteiger partial charge in [-0.2, -0.15) is 0 Å². The van der Waals surface area contributed by atoms with E-state index in [2.05, 4.69) is 42.2 Å². The summed E-state index contributed by atoms with van der Waals surface area (Å²) in [7, 11) is 0. The highest BCUT2D eigenvalue weighted by Crippen LogP contribution is 2.21. The first kappa shape index (κ1) is 14.1. The number of carbonyl (C=O) groups excluding carboxylic acids is 1. The second-order valence-corrected chi connectivity index (χ2v) is 5.62. The molecular formula is C16H24N2O. The second-order valence-electron chi connectivity index (χ2n) is 5.62. The van der Waals surface area contributed by atoms with Gasteiger partial charge in [-0.1, -0.05) is 37.3 Å². The Morgan fingerprint density at radius 2 is 1.95 bits per heavy atom. The average molecular weight is 260 g/mol. The van der Waals surface area contributed by atoms with Crippen LogP contribution >= 0.6 is 0 Å². The minimum absolute atomic E-state index is 0.0998. The maximum Gasteiger partial charge on any atom is 0.220 e. The van der Waals surface area contributed by atoms with Crippen molar-refractivity contribution in [2.45, 2.75) is 32.1 Å². The van der Waals surface area contributed by atoms with Crippen LogP contribution in [0.25, 0.3) is 0 Å². The predicted octanol–water partition coefficient (Wildman–Crippen LogP) is 2.38. The molecule has 1 atom stereocenters. The number of nitrogens with two attached hydrogens (primary N) is 1. The van der Waals surface area contributed by atoms with Crippen LogP contribution in [0.4, 0.5) is 0 Å². The summed E-state index contributed by atoms with van der Waals surface area (Å²) in [6.07, 6.45) is 3.02. The van der Waals surface area contributed by atoms with E-state index in [0.29, 0.717) is 5.92 Å². The van der Waals surface area contributed by atoms with Crippen LogP contribution < -0.4 is 5.73 Å².